The predicted octanol–water partition coefficient (Wildman–Crippen LogP) is 18.8. The van der Waals surface area contributed by atoms with Crippen molar-refractivity contribution in [1.82, 2.24) is 14.5 Å². The summed E-state index contributed by atoms with van der Waals surface area (Å²) in [5, 5.41) is 12.5. The van der Waals surface area contributed by atoms with Crippen LogP contribution in [0.3, 0.4) is 0 Å². The standard InChI is InChI=1S/C67H71N3O/c1-12-66(10,13-2)57-29-23-30-58(67(11,14-3)15-4)62(57)49-32-33-60(45(9)36-49)70-61-31-22-28-54(63(61)69-65(70)56-41-50(43(5)6)40-55(44(7)8)64(56)71)52-37-51(47-26-20-17-21-27-47)38-53(39-52)59-42-48(34-35-68-59)46-24-18-16-19-25-46/h16-44,71H,12-15H2,1-11H3/i9D3. The summed E-state index contributed by atoms with van der Waals surface area (Å²) >= 11 is 0. The molecule has 0 bridgehead atoms. The van der Waals surface area contributed by atoms with E-state index in [4.69, 9.17) is 9.97 Å². The summed E-state index contributed by atoms with van der Waals surface area (Å²) in [6.07, 6.45) is 5.63. The molecular formula is C67H71N3O. The van der Waals surface area contributed by atoms with Crippen LogP contribution in [0.5, 0.6) is 5.75 Å². The van der Waals surface area contributed by atoms with E-state index >= 15 is 0 Å². The van der Waals surface area contributed by atoms with Crippen molar-refractivity contribution in [2.24, 2.45) is 0 Å². The molecule has 0 unspecified atom stereocenters. The Bertz CT molecular complexity index is 3430. The highest BCUT2D eigenvalue weighted by atomic mass is 16.3. The first kappa shape index (κ1) is 45.1. The summed E-state index contributed by atoms with van der Waals surface area (Å²) in [5.74, 6) is 0.769. The Balaban J connectivity index is 1.37. The van der Waals surface area contributed by atoms with Crippen molar-refractivity contribution in [2.45, 2.75) is 124 Å². The Morgan fingerprint density at radius 3 is 1.76 bits per heavy atom. The van der Waals surface area contributed by atoms with E-state index in [9.17, 15) is 9.22 Å². The molecule has 0 aliphatic carbocycles. The maximum absolute atomic E-state index is 12.5. The van der Waals surface area contributed by atoms with Crippen LogP contribution in [0.1, 0.15) is 139 Å². The highest BCUT2D eigenvalue weighted by Crippen LogP contribution is 2.48. The monoisotopic (exact) mass is 937 g/mol. The van der Waals surface area contributed by atoms with Crippen LogP contribution >= 0.6 is 0 Å². The summed E-state index contributed by atoms with van der Waals surface area (Å²) in [4.78, 5) is 10.5. The first-order valence-corrected chi connectivity index (χ1v) is 25.8. The quantitative estimate of drug-likeness (QED) is 0.111. The molecule has 9 aromatic rings. The largest absolute Gasteiger partial charge is 0.507 e. The van der Waals surface area contributed by atoms with Gasteiger partial charge in [-0.1, -0.05) is 172 Å². The molecule has 7 aromatic carbocycles. The van der Waals surface area contributed by atoms with Gasteiger partial charge in [0, 0.05) is 21.4 Å². The van der Waals surface area contributed by atoms with Crippen LogP contribution in [0.4, 0.5) is 0 Å². The van der Waals surface area contributed by atoms with Crippen LogP contribution in [0.15, 0.2) is 164 Å². The van der Waals surface area contributed by atoms with Gasteiger partial charge in [0.05, 0.1) is 28.0 Å². The Morgan fingerprint density at radius 1 is 0.549 bits per heavy atom. The number of pyridine rings is 1. The number of phenols is 1. The van der Waals surface area contributed by atoms with Crippen molar-refractivity contribution in [2.75, 3.05) is 0 Å². The number of aromatic nitrogens is 3. The molecule has 0 amide bonds. The van der Waals surface area contributed by atoms with Crippen molar-refractivity contribution in [3.8, 4) is 78.6 Å². The molecule has 2 aromatic heterocycles. The summed E-state index contributed by atoms with van der Waals surface area (Å²) in [5.41, 5.74) is 16.6. The first-order chi connectivity index (χ1) is 35.4. The highest BCUT2D eigenvalue weighted by molar-refractivity contribution is 5.98. The molecule has 1 N–H and O–H groups in total. The third-order valence-electron chi connectivity index (χ3n) is 15.9. The van der Waals surface area contributed by atoms with Crippen LogP contribution in [0.25, 0.3) is 83.9 Å². The van der Waals surface area contributed by atoms with E-state index in [1.165, 1.54) is 11.1 Å². The van der Waals surface area contributed by atoms with Crippen molar-refractivity contribution in [3.05, 3.63) is 192 Å². The normalized spacial score (nSPS) is 12.9. The van der Waals surface area contributed by atoms with Gasteiger partial charge in [0.15, 0.2) is 0 Å². The molecule has 0 saturated heterocycles. The average Bonchev–Trinajstić information content (AvgIpc) is 3.81. The molecule has 71 heavy (non-hydrogen) atoms. The molecule has 0 fully saturated rings. The Hall–Kier alpha value is -7.04. The van der Waals surface area contributed by atoms with E-state index in [1.807, 2.05) is 59.3 Å². The predicted molar refractivity (Wildman–Crippen MR) is 302 cm³/mol. The first-order valence-electron chi connectivity index (χ1n) is 27.3. The molecule has 0 aliphatic heterocycles. The molecule has 9 rings (SSSR count). The molecule has 360 valence electrons. The fourth-order valence-corrected chi connectivity index (χ4v) is 10.5. The zero-order valence-electron chi connectivity index (χ0n) is 46.4. The van der Waals surface area contributed by atoms with E-state index in [0.717, 1.165) is 98.1 Å². The summed E-state index contributed by atoms with van der Waals surface area (Å²) in [6, 6.07) is 54.6. The number of imidazole rings is 1. The van der Waals surface area contributed by atoms with Crippen LogP contribution in [-0.4, -0.2) is 19.6 Å². The smallest absolute Gasteiger partial charge is 0.149 e. The van der Waals surface area contributed by atoms with Gasteiger partial charge in [-0.3, -0.25) is 9.55 Å². The minimum Gasteiger partial charge on any atom is -0.507 e. The Morgan fingerprint density at radius 2 is 1.15 bits per heavy atom. The lowest BCUT2D eigenvalue weighted by molar-refractivity contribution is 0.426. The van der Waals surface area contributed by atoms with E-state index in [0.29, 0.717) is 22.6 Å². The lowest BCUT2D eigenvalue weighted by Gasteiger charge is -2.36. The number of para-hydroxylation sites is 1. The molecule has 4 nitrogen and oxygen atoms in total. The number of rotatable bonds is 15. The second-order valence-corrected chi connectivity index (χ2v) is 20.7. The topological polar surface area (TPSA) is 50.9 Å². The number of aryl methyl sites for hydroxylation is 1. The Kier molecular flexibility index (Phi) is 12.7. The molecule has 0 atom stereocenters. The number of hydrogen-bond acceptors (Lipinski definition) is 3. The van der Waals surface area contributed by atoms with Gasteiger partial charge in [0.2, 0.25) is 0 Å². The minimum absolute atomic E-state index is 0.00864. The number of aromatic hydroxyl groups is 1. The van der Waals surface area contributed by atoms with Crippen molar-refractivity contribution < 1.29 is 9.22 Å². The molecule has 4 heteroatoms. The van der Waals surface area contributed by atoms with Gasteiger partial charge in [-0.15, -0.1) is 0 Å². The van der Waals surface area contributed by atoms with Crippen molar-refractivity contribution >= 4 is 11.0 Å². The van der Waals surface area contributed by atoms with Gasteiger partial charge in [0.25, 0.3) is 0 Å². The summed E-state index contributed by atoms with van der Waals surface area (Å²) in [6.45, 7) is 19.7. The fraction of sp³-hybridized carbons (Fsp3) is 0.284. The summed E-state index contributed by atoms with van der Waals surface area (Å²) < 4.78 is 30.1. The second kappa shape index (κ2) is 20.0. The third-order valence-corrected chi connectivity index (χ3v) is 15.9. The number of hydrogen-bond donors (Lipinski definition) is 1. The number of fused-ring (bicyclic) bond motifs is 1. The molecule has 0 saturated carbocycles. The second-order valence-electron chi connectivity index (χ2n) is 20.7. The average molecular weight is 937 g/mol. The van der Waals surface area contributed by atoms with Gasteiger partial charge < -0.3 is 5.11 Å². The SMILES string of the molecule is [2H]C([2H])([2H])c1cc(-c2c(C(C)(CC)CC)cccc2C(C)(CC)CC)ccc1-n1c(-c2cc(C(C)C)cc(C(C)C)c2O)nc2c(-c3cc(-c4ccccc4)cc(-c4cc(-c5ccccc5)ccn4)c3)cccc21. The fourth-order valence-electron chi connectivity index (χ4n) is 10.5. The minimum atomic E-state index is -2.53. The number of benzene rings is 7. The molecule has 0 aliphatic rings. The van der Waals surface area contributed by atoms with E-state index in [2.05, 4.69) is 178 Å². The molecule has 0 spiro atoms. The maximum Gasteiger partial charge on any atom is 0.149 e. The van der Waals surface area contributed by atoms with Gasteiger partial charge in [-0.25, -0.2) is 4.98 Å². The maximum atomic E-state index is 12.5. The lowest BCUT2D eigenvalue weighted by Crippen LogP contribution is -2.25. The van der Waals surface area contributed by atoms with E-state index in [-0.39, 0.29) is 34.0 Å². The van der Waals surface area contributed by atoms with Crippen LogP contribution in [-0.2, 0) is 10.8 Å². The molecular weight excluding hydrogens is 863 g/mol. The zero-order chi connectivity index (χ0) is 52.7. The lowest BCUT2D eigenvalue weighted by atomic mass is 9.68. The third kappa shape index (κ3) is 9.14. The van der Waals surface area contributed by atoms with Crippen LogP contribution in [0.2, 0.25) is 0 Å². The van der Waals surface area contributed by atoms with Crippen LogP contribution < -0.4 is 0 Å². The number of nitrogens with zero attached hydrogens (tertiary/aromatic N) is 3. The number of phenolic OH excluding ortho intramolecular Hbond substituents is 1. The van der Waals surface area contributed by atoms with Gasteiger partial charge >= 0.3 is 0 Å². The molecule has 2 heterocycles. The summed E-state index contributed by atoms with van der Waals surface area (Å²) in [7, 11) is 0. The highest BCUT2D eigenvalue weighted by Gasteiger charge is 2.33. The van der Waals surface area contributed by atoms with E-state index in [1.54, 1.807) is 0 Å². The van der Waals surface area contributed by atoms with E-state index < -0.39 is 6.85 Å². The molecule has 0 radical (unpaired) electrons. The van der Waals surface area contributed by atoms with Gasteiger partial charge in [-0.2, -0.15) is 0 Å². The Labute approximate surface area is 427 Å². The van der Waals surface area contributed by atoms with Crippen molar-refractivity contribution in [3.63, 3.8) is 0 Å². The van der Waals surface area contributed by atoms with Gasteiger partial charge in [0.1, 0.15) is 11.6 Å². The van der Waals surface area contributed by atoms with Crippen LogP contribution in [0, 0.1) is 6.85 Å². The van der Waals surface area contributed by atoms with Crippen molar-refractivity contribution in [1.29, 1.82) is 0 Å². The van der Waals surface area contributed by atoms with Gasteiger partial charge in [-0.05, 0) is 177 Å². The zero-order valence-corrected chi connectivity index (χ0v) is 43.4.